The van der Waals surface area contributed by atoms with Gasteiger partial charge in [0.25, 0.3) is 0 Å². The number of rotatable bonds is 2. The van der Waals surface area contributed by atoms with Crippen molar-refractivity contribution < 1.29 is 4.74 Å². The molecule has 1 aromatic rings. The molecule has 1 aliphatic rings. The van der Waals surface area contributed by atoms with E-state index in [9.17, 15) is 0 Å². The summed E-state index contributed by atoms with van der Waals surface area (Å²) in [4.78, 5) is 6.84. The zero-order chi connectivity index (χ0) is 14.3. The summed E-state index contributed by atoms with van der Waals surface area (Å²) in [6.07, 6.45) is 1.83. The minimum absolute atomic E-state index is 0.0160. The Labute approximate surface area is 116 Å². The van der Waals surface area contributed by atoms with Crippen molar-refractivity contribution in [3.05, 3.63) is 23.9 Å². The second-order valence-electron chi connectivity index (χ2n) is 6.68. The molecule has 0 bridgehead atoms. The number of anilines is 1. The molecule has 0 amide bonds. The first kappa shape index (κ1) is 14.3. The van der Waals surface area contributed by atoms with Crippen LogP contribution in [0.2, 0.25) is 0 Å². The second-order valence-corrected chi connectivity index (χ2v) is 6.68. The van der Waals surface area contributed by atoms with Gasteiger partial charge in [-0.05, 0) is 40.7 Å². The van der Waals surface area contributed by atoms with E-state index in [1.54, 1.807) is 0 Å². The average molecular weight is 263 g/mol. The van der Waals surface area contributed by atoms with Crippen LogP contribution in [0.1, 0.15) is 46.2 Å². The lowest BCUT2D eigenvalue weighted by molar-refractivity contribution is -0.133. The summed E-state index contributed by atoms with van der Waals surface area (Å²) in [6.45, 7) is 12.1. The summed E-state index contributed by atoms with van der Waals surface area (Å²) in [7, 11) is 0. The normalized spacial score (nSPS) is 23.2. The predicted molar refractivity (Wildman–Crippen MR) is 78.3 cm³/mol. The van der Waals surface area contributed by atoms with Gasteiger partial charge >= 0.3 is 0 Å². The third-order valence-corrected chi connectivity index (χ3v) is 3.30. The van der Waals surface area contributed by atoms with Crippen LogP contribution in [0.25, 0.3) is 0 Å². The lowest BCUT2D eigenvalue weighted by atomic mass is 9.98. The molecular weight excluding hydrogens is 238 g/mol. The fourth-order valence-electron chi connectivity index (χ4n) is 2.97. The molecule has 2 rings (SSSR count). The van der Waals surface area contributed by atoms with Gasteiger partial charge in [0.2, 0.25) is 0 Å². The lowest BCUT2D eigenvalue weighted by Crippen LogP contribution is -2.57. The highest BCUT2D eigenvalue weighted by Gasteiger charge is 2.39. The van der Waals surface area contributed by atoms with Crippen LogP contribution in [0, 0.1) is 0 Å². The van der Waals surface area contributed by atoms with Gasteiger partial charge in [0.15, 0.2) is 0 Å². The molecule has 0 aliphatic carbocycles. The molecule has 0 spiro atoms. The Morgan fingerprint density at radius 1 is 1.26 bits per heavy atom. The molecule has 1 atom stereocenters. The van der Waals surface area contributed by atoms with Gasteiger partial charge < -0.3 is 15.4 Å². The number of hydrogen-bond acceptors (Lipinski definition) is 4. The molecule has 19 heavy (non-hydrogen) atoms. The Hall–Kier alpha value is -1.13. The van der Waals surface area contributed by atoms with Crippen molar-refractivity contribution in [2.45, 2.75) is 51.9 Å². The highest BCUT2D eigenvalue weighted by Crippen LogP contribution is 2.33. The summed E-state index contributed by atoms with van der Waals surface area (Å²) >= 11 is 0. The topological polar surface area (TPSA) is 51.4 Å². The first-order valence-corrected chi connectivity index (χ1v) is 6.86. The number of nitrogens with zero attached hydrogens (tertiary/aromatic N) is 2. The monoisotopic (exact) mass is 263 g/mol. The van der Waals surface area contributed by atoms with Crippen LogP contribution >= 0.6 is 0 Å². The number of nitrogens with two attached hydrogens (primary N) is 1. The van der Waals surface area contributed by atoms with Crippen LogP contribution in [0.4, 0.5) is 5.82 Å². The number of pyridine rings is 1. The van der Waals surface area contributed by atoms with E-state index < -0.39 is 0 Å². The van der Waals surface area contributed by atoms with Crippen molar-refractivity contribution in [1.82, 2.24) is 4.98 Å². The van der Waals surface area contributed by atoms with Crippen molar-refractivity contribution in [1.29, 1.82) is 0 Å². The van der Waals surface area contributed by atoms with Crippen molar-refractivity contribution >= 4 is 5.82 Å². The zero-order valence-corrected chi connectivity index (χ0v) is 12.6. The van der Waals surface area contributed by atoms with E-state index in [0.717, 1.165) is 24.5 Å². The van der Waals surface area contributed by atoms with E-state index in [0.29, 0.717) is 0 Å². The molecule has 4 nitrogen and oxygen atoms in total. The fourth-order valence-corrected chi connectivity index (χ4v) is 2.97. The maximum Gasteiger partial charge on any atom is 0.133 e. The van der Waals surface area contributed by atoms with Crippen molar-refractivity contribution in [3.8, 4) is 0 Å². The smallest absolute Gasteiger partial charge is 0.133 e. The van der Waals surface area contributed by atoms with E-state index in [1.807, 2.05) is 19.2 Å². The Morgan fingerprint density at radius 2 is 1.84 bits per heavy atom. The van der Waals surface area contributed by atoms with E-state index >= 15 is 0 Å². The van der Waals surface area contributed by atoms with Crippen LogP contribution < -0.4 is 10.6 Å². The zero-order valence-electron chi connectivity index (χ0n) is 12.6. The number of hydrogen-bond donors (Lipinski definition) is 1. The number of ether oxygens (including phenoxy) is 1. The molecule has 0 aromatic carbocycles. The minimum atomic E-state index is -0.186. The van der Waals surface area contributed by atoms with Gasteiger partial charge in [-0.1, -0.05) is 6.07 Å². The highest BCUT2D eigenvalue weighted by molar-refractivity contribution is 5.49. The average Bonchev–Trinajstić information content (AvgIpc) is 2.24. The summed E-state index contributed by atoms with van der Waals surface area (Å²) in [5.74, 6) is 0.988. The van der Waals surface area contributed by atoms with Gasteiger partial charge in [-0.3, -0.25) is 0 Å². The highest BCUT2D eigenvalue weighted by atomic mass is 16.5. The molecule has 0 saturated carbocycles. The quantitative estimate of drug-likeness (QED) is 0.890. The number of aromatic nitrogens is 1. The fraction of sp³-hybridized carbons (Fsp3) is 0.667. The van der Waals surface area contributed by atoms with Gasteiger partial charge in [-0.15, -0.1) is 0 Å². The first-order chi connectivity index (χ1) is 8.70. The van der Waals surface area contributed by atoms with E-state index in [2.05, 4.69) is 43.6 Å². The van der Waals surface area contributed by atoms with Crippen LogP contribution in [0.3, 0.4) is 0 Å². The Balaban J connectivity index is 2.36. The maximum atomic E-state index is 6.11. The SMILES string of the molecule is C[C@@H](N)c1cccnc1N1CC(C)(C)OC(C)(C)C1. The van der Waals surface area contributed by atoms with Crippen LogP contribution in [0.5, 0.6) is 0 Å². The molecule has 1 aromatic heterocycles. The minimum Gasteiger partial charge on any atom is -0.366 e. The van der Waals surface area contributed by atoms with Crippen LogP contribution in [-0.2, 0) is 4.74 Å². The van der Waals surface area contributed by atoms with E-state index in [-0.39, 0.29) is 17.2 Å². The van der Waals surface area contributed by atoms with E-state index in [4.69, 9.17) is 10.5 Å². The Kier molecular flexibility index (Phi) is 3.58. The molecule has 1 saturated heterocycles. The van der Waals surface area contributed by atoms with Gasteiger partial charge in [-0.2, -0.15) is 0 Å². The molecule has 2 N–H and O–H groups in total. The Morgan fingerprint density at radius 3 is 2.37 bits per heavy atom. The maximum absolute atomic E-state index is 6.11. The molecule has 0 unspecified atom stereocenters. The van der Waals surface area contributed by atoms with Crippen LogP contribution in [-0.4, -0.2) is 29.3 Å². The van der Waals surface area contributed by atoms with Gasteiger partial charge in [0, 0.05) is 30.9 Å². The third-order valence-electron chi connectivity index (χ3n) is 3.30. The molecule has 1 fully saturated rings. The number of morpholine rings is 1. The summed E-state index contributed by atoms with van der Waals surface area (Å²) in [5.41, 5.74) is 6.78. The lowest BCUT2D eigenvalue weighted by Gasteiger charge is -2.48. The molecule has 4 heteroatoms. The van der Waals surface area contributed by atoms with Crippen molar-refractivity contribution in [2.24, 2.45) is 5.73 Å². The molecule has 106 valence electrons. The molecule has 2 heterocycles. The second kappa shape index (κ2) is 4.76. The van der Waals surface area contributed by atoms with Gasteiger partial charge in [-0.25, -0.2) is 4.98 Å². The van der Waals surface area contributed by atoms with Crippen molar-refractivity contribution in [3.63, 3.8) is 0 Å². The molecule has 0 radical (unpaired) electrons. The summed E-state index contributed by atoms with van der Waals surface area (Å²) < 4.78 is 6.11. The standard InChI is InChI=1S/C15H25N3O/c1-11(16)12-7-6-8-17-13(12)18-9-14(2,3)19-15(4,5)10-18/h6-8,11H,9-10,16H2,1-5H3/t11-/m1/s1. The molecule has 1 aliphatic heterocycles. The predicted octanol–water partition coefficient (Wildman–Crippen LogP) is 2.50. The molecular formula is C15H25N3O. The summed E-state index contributed by atoms with van der Waals surface area (Å²) in [6, 6.07) is 3.99. The Bertz CT molecular complexity index is 438. The van der Waals surface area contributed by atoms with Gasteiger partial charge in [0.1, 0.15) is 5.82 Å². The van der Waals surface area contributed by atoms with Crippen molar-refractivity contribution in [2.75, 3.05) is 18.0 Å². The van der Waals surface area contributed by atoms with Crippen LogP contribution in [0.15, 0.2) is 18.3 Å². The first-order valence-electron chi connectivity index (χ1n) is 6.86. The summed E-state index contributed by atoms with van der Waals surface area (Å²) in [5, 5.41) is 0. The van der Waals surface area contributed by atoms with E-state index in [1.165, 1.54) is 0 Å². The largest absolute Gasteiger partial charge is 0.366 e. The van der Waals surface area contributed by atoms with Gasteiger partial charge in [0.05, 0.1) is 11.2 Å². The third kappa shape index (κ3) is 3.25.